The standard InChI is InChI=1S/C18H28N2O/c21-15-18(10-2-1-3-11-18)19-14-16-6-8-17(9-7-16)20-12-4-5-13-20/h6-9,19,21H,1-5,10-15H2. The molecule has 1 saturated carbocycles. The van der Waals surface area contributed by atoms with Gasteiger partial charge in [-0.3, -0.25) is 0 Å². The van der Waals surface area contributed by atoms with Crippen molar-refractivity contribution in [3.8, 4) is 0 Å². The van der Waals surface area contributed by atoms with Crippen LogP contribution in [-0.2, 0) is 6.54 Å². The van der Waals surface area contributed by atoms with E-state index in [0.29, 0.717) is 0 Å². The lowest BCUT2D eigenvalue weighted by Crippen LogP contribution is -2.49. The molecule has 0 bridgehead atoms. The van der Waals surface area contributed by atoms with Gasteiger partial charge in [0, 0.05) is 30.9 Å². The van der Waals surface area contributed by atoms with Crippen LogP contribution in [0.2, 0.25) is 0 Å². The Morgan fingerprint density at radius 1 is 0.952 bits per heavy atom. The Labute approximate surface area is 128 Å². The van der Waals surface area contributed by atoms with E-state index in [-0.39, 0.29) is 12.1 Å². The number of hydrogen-bond acceptors (Lipinski definition) is 3. The summed E-state index contributed by atoms with van der Waals surface area (Å²) in [6.45, 7) is 3.52. The van der Waals surface area contributed by atoms with Crippen LogP contribution < -0.4 is 10.2 Å². The summed E-state index contributed by atoms with van der Waals surface area (Å²) in [4.78, 5) is 2.47. The van der Waals surface area contributed by atoms with Gasteiger partial charge in [-0.1, -0.05) is 31.4 Å². The SMILES string of the molecule is OCC1(NCc2ccc(N3CCCC3)cc2)CCCCC1. The molecule has 1 heterocycles. The Bertz CT molecular complexity index is 431. The second-order valence-electron chi connectivity index (χ2n) is 6.71. The average Bonchev–Trinajstić information content (AvgIpc) is 3.09. The van der Waals surface area contributed by atoms with Crippen LogP contribution in [0, 0.1) is 0 Å². The fraction of sp³-hybridized carbons (Fsp3) is 0.667. The molecule has 116 valence electrons. The van der Waals surface area contributed by atoms with Gasteiger partial charge in [0.15, 0.2) is 0 Å². The van der Waals surface area contributed by atoms with Crippen molar-refractivity contribution in [1.29, 1.82) is 0 Å². The van der Waals surface area contributed by atoms with E-state index in [0.717, 1.165) is 19.4 Å². The highest BCUT2D eigenvalue weighted by Gasteiger charge is 2.30. The van der Waals surface area contributed by atoms with Crippen LogP contribution in [-0.4, -0.2) is 30.3 Å². The van der Waals surface area contributed by atoms with Crippen molar-refractivity contribution < 1.29 is 5.11 Å². The zero-order valence-electron chi connectivity index (χ0n) is 13.0. The lowest BCUT2D eigenvalue weighted by molar-refractivity contribution is 0.119. The maximum Gasteiger partial charge on any atom is 0.0613 e. The van der Waals surface area contributed by atoms with E-state index in [9.17, 15) is 5.11 Å². The van der Waals surface area contributed by atoms with E-state index in [2.05, 4.69) is 34.5 Å². The molecule has 0 amide bonds. The topological polar surface area (TPSA) is 35.5 Å². The van der Waals surface area contributed by atoms with Gasteiger partial charge in [0.25, 0.3) is 0 Å². The van der Waals surface area contributed by atoms with Gasteiger partial charge < -0.3 is 15.3 Å². The van der Waals surface area contributed by atoms with Gasteiger partial charge in [-0.15, -0.1) is 0 Å². The minimum Gasteiger partial charge on any atom is -0.394 e. The first kappa shape index (κ1) is 14.9. The first-order valence-electron chi connectivity index (χ1n) is 8.51. The molecule has 21 heavy (non-hydrogen) atoms. The summed E-state index contributed by atoms with van der Waals surface area (Å²) in [7, 11) is 0. The molecule has 1 aromatic carbocycles. The summed E-state index contributed by atoms with van der Waals surface area (Å²) in [6, 6.07) is 8.95. The number of benzene rings is 1. The molecule has 0 atom stereocenters. The number of nitrogens with zero attached hydrogens (tertiary/aromatic N) is 1. The lowest BCUT2D eigenvalue weighted by atomic mass is 9.82. The van der Waals surface area contributed by atoms with E-state index < -0.39 is 0 Å². The van der Waals surface area contributed by atoms with Crippen molar-refractivity contribution in [3.63, 3.8) is 0 Å². The van der Waals surface area contributed by atoms with Crippen LogP contribution in [0.25, 0.3) is 0 Å². The molecule has 3 nitrogen and oxygen atoms in total. The molecule has 3 rings (SSSR count). The molecule has 2 N–H and O–H groups in total. The molecule has 2 fully saturated rings. The maximum absolute atomic E-state index is 9.74. The van der Waals surface area contributed by atoms with Crippen LogP contribution in [0.4, 0.5) is 5.69 Å². The van der Waals surface area contributed by atoms with Crippen molar-refractivity contribution in [2.24, 2.45) is 0 Å². The summed E-state index contributed by atoms with van der Waals surface area (Å²) in [6.07, 6.45) is 8.65. The summed E-state index contributed by atoms with van der Waals surface area (Å²) in [5, 5.41) is 13.4. The van der Waals surface area contributed by atoms with Gasteiger partial charge in [0.1, 0.15) is 0 Å². The molecule has 1 saturated heterocycles. The number of hydrogen-bond donors (Lipinski definition) is 2. The highest BCUT2D eigenvalue weighted by Crippen LogP contribution is 2.28. The van der Waals surface area contributed by atoms with E-state index >= 15 is 0 Å². The summed E-state index contributed by atoms with van der Waals surface area (Å²) >= 11 is 0. The molecule has 1 aliphatic carbocycles. The van der Waals surface area contributed by atoms with Crippen molar-refractivity contribution in [2.75, 3.05) is 24.6 Å². The first-order valence-corrected chi connectivity index (χ1v) is 8.51. The van der Waals surface area contributed by atoms with Gasteiger partial charge in [-0.2, -0.15) is 0 Å². The van der Waals surface area contributed by atoms with Crippen molar-refractivity contribution >= 4 is 5.69 Å². The zero-order chi connectivity index (χ0) is 14.5. The number of anilines is 1. The molecule has 0 aromatic heterocycles. The molecular formula is C18H28N2O. The maximum atomic E-state index is 9.74. The van der Waals surface area contributed by atoms with Gasteiger partial charge in [-0.05, 0) is 43.4 Å². The minimum absolute atomic E-state index is 0.0358. The van der Waals surface area contributed by atoms with Gasteiger partial charge in [0.05, 0.1) is 6.61 Å². The summed E-state index contributed by atoms with van der Waals surface area (Å²) < 4.78 is 0. The molecule has 1 aliphatic heterocycles. The van der Waals surface area contributed by atoms with Gasteiger partial charge in [-0.25, -0.2) is 0 Å². The smallest absolute Gasteiger partial charge is 0.0613 e. The number of aliphatic hydroxyl groups is 1. The molecule has 0 spiro atoms. The summed E-state index contributed by atoms with van der Waals surface area (Å²) in [5.41, 5.74) is 2.63. The van der Waals surface area contributed by atoms with Crippen molar-refractivity contribution in [1.82, 2.24) is 5.32 Å². The second-order valence-corrected chi connectivity index (χ2v) is 6.71. The monoisotopic (exact) mass is 288 g/mol. The molecule has 0 unspecified atom stereocenters. The minimum atomic E-state index is -0.0358. The first-order chi connectivity index (χ1) is 10.3. The van der Waals surface area contributed by atoms with Crippen LogP contribution in [0.15, 0.2) is 24.3 Å². The Kier molecular flexibility index (Phi) is 4.81. The molecule has 2 aliphatic rings. The highest BCUT2D eigenvalue weighted by atomic mass is 16.3. The fourth-order valence-corrected chi connectivity index (χ4v) is 3.71. The van der Waals surface area contributed by atoms with Crippen molar-refractivity contribution in [2.45, 2.75) is 57.0 Å². The number of aliphatic hydroxyl groups excluding tert-OH is 1. The lowest BCUT2D eigenvalue weighted by Gasteiger charge is -2.36. The van der Waals surface area contributed by atoms with Crippen molar-refractivity contribution in [3.05, 3.63) is 29.8 Å². The third-order valence-electron chi connectivity index (χ3n) is 5.19. The average molecular weight is 288 g/mol. The second kappa shape index (κ2) is 6.80. The van der Waals surface area contributed by atoms with E-state index in [1.54, 1.807) is 0 Å². The predicted molar refractivity (Wildman–Crippen MR) is 87.6 cm³/mol. The molecule has 3 heteroatoms. The largest absolute Gasteiger partial charge is 0.394 e. The van der Waals surface area contributed by atoms with Crippen LogP contribution in [0.5, 0.6) is 0 Å². The van der Waals surface area contributed by atoms with Gasteiger partial charge >= 0.3 is 0 Å². The quantitative estimate of drug-likeness (QED) is 0.874. The Morgan fingerprint density at radius 3 is 2.24 bits per heavy atom. The van der Waals surface area contributed by atoms with E-state index in [4.69, 9.17) is 0 Å². The highest BCUT2D eigenvalue weighted by molar-refractivity contribution is 5.48. The summed E-state index contributed by atoms with van der Waals surface area (Å²) in [5.74, 6) is 0. The molecular weight excluding hydrogens is 260 g/mol. The fourth-order valence-electron chi connectivity index (χ4n) is 3.71. The van der Waals surface area contributed by atoms with Gasteiger partial charge in [0.2, 0.25) is 0 Å². The predicted octanol–water partition coefficient (Wildman–Crippen LogP) is 3.07. The Morgan fingerprint density at radius 2 is 1.62 bits per heavy atom. The normalized spacial score (nSPS) is 21.7. The van der Waals surface area contributed by atoms with Crippen LogP contribution >= 0.6 is 0 Å². The van der Waals surface area contributed by atoms with Crippen LogP contribution in [0.3, 0.4) is 0 Å². The third kappa shape index (κ3) is 3.58. The number of nitrogens with one attached hydrogen (secondary N) is 1. The molecule has 0 radical (unpaired) electrons. The molecule has 1 aromatic rings. The van der Waals surface area contributed by atoms with E-state index in [1.165, 1.54) is 56.4 Å². The Balaban J connectivity index is 1.57. The zero-order valence-corrected chi connectivity index (χ0v) is 13.0. The third-order valence-corrected chi connectivity index (χ3v) is 5.19. The number of rotatable bonds is 5. The Hall–Kier alpha value is -1.06. The van der Waals surface area contributed by atoms with E-state index in [1.807, 2.05) is 0 Å². The van der Waals surface area contributed by atoms with Crippen LogP contribution in [0.1, 0.15) is 50.5 Å².